The second-order valence-electron chi connectivity index (χ2n) is 12.6. The van der Waals surface area contributed by atoms with Crippen molar-refractivity contribution in [2.75, 3.05) is 9.80 Å². The quantitative estimate of drug-likeness (QED) is 0.200. The average molecular weight is 639 g/mol. The van der Waals surface area contributed by atoms with E-state index in [9.17, 15) is 24.3 Å². The van der Waals surface area contributed by atoms with Crippen molar-refractivity contribution in [3.63, 3.8) is 0 Å². The number of hydrogen-bond acceptors (Lipinski definition) is 5. The highest BCUT2D eigenvalue weighted by atomic mass is 16.3. The Balaban J connectivity index is 1.18. The number of nitrogens with zero attached hydrogens (tertiary/aromatic N) is 2. The predicted molar refractivity (Wildman–Crippen MR) is 185 cm³/mol. The van der Waals surface area contributed by atoms with Gasteiger partial charge in [-0.15, -0.1) is 0 Å². The van der Waals surface area contributed by atoms with Gasteiger partial charge in [0.05, 0.1) is 39.0 Å². The van der Waals surface area contributed by atoms with Crippen molar-refractivity contribution in [1.29, 1.82) is 0 Å². The van der Waals surface area contributed by atoms with Gasteiger partial charge in [-0.25, -0.2) is 9.80 Å². The summed E-state index contributed by atoms with van der Waals surface area (Å²) >= 11 is 0. The first-order valence-electron chi connectivity index (χ1n) is 15.9. The number of phenolic OH excluding ortho intramolecular Hbond substituents is 1. The number of fused-ring (bicyclic) bond motifs is 5. The van der Waals surface area contributed by atoms with Crippen LogP contribution in [0.2, 0.25) is 0 Å². The molecule has 49 heavy (non-hydrogen) atoms. The summed E-state index contributed by atoms with van der Waals surface area (Å²) in [4.78, 5) is 55.8. The molecule has 6 aromatic rings. The zero-order valence-corrected chi connectivity index (χ0v) is 26.2. The Hall–Kier alpha value is -6.60. The topological polar surface area (TPSA) is 95.0 Å². The third kappa shape index (κ3) is 3.84. The zero-order chi connectivity index (χ0) is 33.6. The fraction of sp³-hybridized carbons (Fsp3) is 0.0476. The molecule has 9 rings (SSSR count). The van der Waals surface area contributed by atoms with Crippen LogP contribution in [0.5, 0.6) is 5.75 Å². The molecule has 0 unspecified atom stereocenters. The number of imide groups is 2. The molecular formula is C42H26N2O5. The van der Waals surface area contributed by atoms with Crippen LogP contribution in [0.1, 0.15) is 69.2 Å². The molecule has 0 aromatic heterocycles. The molecule has 0 spiro atoms. The van der Waals surface area contributed by atoms with Gasteiger partial charge in [0.25, 0.3) is 23.6 Å². The lowest BCUT2D eigenvalue weighted by atomic mass is 9.67. The van der Waals surface area contributed by atoms with Gasteiger partial charge in [0.15, 0.2) is 0 Å². The molecule has 6 aromatic carbocycles. The summed E-state index contributed by atoms with van der Waals surface area (Å²) in [6.07, 6.45) is 0. The third-order valence-corrected chi connectivity index (χ3v) is 9.98. The lowest BCUT2D eigenvalue weighted by Gasteiger charge is -2.34. The molecule has 234 valence electrons. The van der Waals surface area contributed by atoms with Crippen molar-refractivity contribution in [3.05, 3.63) is 184 Å². The molecule has 0 atom stereocenters. The molecule has 0 fully saturated rings. The number of aromatic hydroxyl groups is 1. The van der Waals surface area contributed by atoms with E-state index in [1.165, 1.54) is 23.1 Å². The Labute approximate surface area is 281 Å². The summed E-state index contributed by atoms with van der Waals surface area (Å²) in [5, 5.41) is 9.95. The van der Waals surface area contributed by atoms with E-state index < -0.39 is 17.2 Å². The second-order valence-corrected chi connectivity index (χ2v) is 12.6. The maximum Gasteiger partial charge on any atom is 0.266 e. The monoisotopic (exact) mass is 638 g/mol. The van der Waals surface area contributed by atoms with Crippen LogP contribution in [0.15, 0.2) is 133 Å². The number of hydrogen-bond donors (Lipinski definition) is 1. The fourth-order valence-corrected chi connectivity index (χ4v) is 7.80. The third-order valence-electron chi connectivity index (χ3n) is 9.98. The summed E-state index contributed by atoms with van der Waals surface area (Å²) in [5.41, 5.74) is 8.34. The Morgan fingerprint density at radius 1 is 0.449 bits per heavy atom. The van der Waals surface area contributed by atoms with Gasteiger partial charge in [-0.1, -0.05) is 84.4 Å². The van der Waals surface area contributed by atoms with Crippen molar-refractivity contribution in [3.8, 4) is 16.9 Å². The molecule has 0 bridgehead atoms. The summed E-state index contributed by atoms with van der Waals surface area (Å²) in [6, 6.07) is 41.0. The summed E-state index contributed by atoms with van der Waals surface area (Å²) in [5.74, 6) is -1.71. The molecule has 3 aliphatic rings. The van der Waals surface area contributed by atoms with Gasteiger partial charge in [-0.3, -0.25) is 19.2 Å². The van der Waals surface area contributed by atoms with Crippen molar-refractivity contribution >= 4 is 35.0 Å². The molecule has 0 saturated heterocycles. The normalized spacial score (nSPS) is 15.4. The van der Waals surface area contributed by atoms with E-state index in [4.69, 9.17) is 0 Å². The van der Waals surface area contributed by atoms with Gasteiger partial charge in [0, 0.05) is 0 Å². The Kier molecular flexibility index (Phi) is 5.95. The summed E-state index contributed by atoms with van der Waals surface area (Å²) in [6.45, 7) is 1.89. The van der Waals surface area contributed by atoms with E-state index in [0.29, 0.717) is 22.5 Å². The highest BCUT2D eigenvalue weighted by Gasteiger charge is 2.46. The highest BCUT2D eigenvalue weighted by molar-refractivity contribution is 6.35. The molecule has 2 aliphatic heterocycles. The number of aryl methyl sites for hydroxylation is 1. The van der Waals surface area contributed by atoms with E-state index in [0.717, 1.165) is 43.8 Å². The average Bonchev–Trinajstić information content (AvgIpc) is 3.66. The first-order valence-corrected chi connectivity index (χ1v) is 15.9. The van der Waals surface area contributed by atoms with Crippen LogP contribution in [0.25, 0.3) is 11.1 Å². The van der Waals surface area contributed by atoms with Crippen molar-refractivity contribution in [2.45, 2.75) is 12.3 Å². The van der Waals surface area contributed by atoms with Crippen molar-refractivity contribution < 1.29 is 24.3 Å². The van der Waals surface area contributed by atoms with Crippen LogP contribution in [0.4, 0.5) is 11.4 Å². The van der Waals surface area contributed by atoms with E-state index in [1.807, 2.05) is 73.7 Å². The van der Waals surface area contributed by atoms with Crippen LogP contribution in [0, 0.1) is 6.92 Å². The number of carbonyl (C=O) groups excluding carboxylic acids is 4. The molecule has 7 nitrogen and oxygen atoms in total. The van der Waals surface area contributed by atoms with Gasteiger partial charge in [-0.05, 0) is 94.9 Å². The standard InChI is InChI=1S/C42H26N2O5/c1-24-10-20-32-34(22-24)40(48)43(38(32)46)27-15-11-25(12-16-27)42(36-8-4-2-6-30(36)31-7-3-5-9-37(31)42)26-13-17-28(18-14-26)44-39(47)33-21-19-29(45)23-35(33)41(44)49/h2-23,45H,1H3. The van der Waals surface area contributed by atoms with Gasteiger partial charge >= 0.3 is 0 Å². The Bertz CT molecular complexity index is 2270. The van der Waals surface area contributed by atoms with Crippen molar-refractivity contribution in [2.24, 2.45) is 0 Å². The predicted octanol–water partition coefficient (Wildman–Crippen LogP) is 7.66. The lowest BCUT2D eigenvalue weighted by molar-refractivity contribution is 0.0910. The van der Waals surface area contributed by atoms with E-state index in [-0.39, 0.29) is 28.7 Å². The van der Waals surface area contributed by atoms with E-state index in [2.05, 4.69) is 24.3 Å². The van der Waals surface area contributed by atoms with Crippen LogP contribution >= 0.6 is 0 Å². The minimum atomic E-state index is -0.795. The number of amides is 4. The first-order chi connectivity index (χ1) is 23.8. The first kappa shape index (κ1) is 28.6. The van der Waals surface area contributed by atoms with Gasteiger partial charge in [-0.2, -0.15) is 0 Å². The van der Waals surface area contributed by atoms with Crippen LogP contribution in [-0.2, 0) is 5.41 Å². The largest absolute Gasteiger partial charge is 0.508 e. The van der Waals surface area contributed by atoms with Crippen molar-refractivity contribution in [1.82, 2.24) is 0 Å². The lowest BCUT2D eigenvalue weighted by Crippen LogP contribution is -2.31. The molecule has 0 saturated carbocycles. The molecule has 1 N–H and O–H groups in total. The molecule has 1 aliphatic carbocycles. The molecule has 7 heteroatoms. The zero-order valence-electron chi connectivity index (χ0n) is 26.2. The molecule has 0 radical (unpaired) electrons. The highest BCUT2D eigenvalue weighted by Crippen LogP contribution is 2.56. The van der Waals surface area contributed by atoms with Crippen LogP contribution in [0.3, 0.4) is 0 Å². The minimum Gasteiger partial charge on any atom is -0.508 e. The smallest absolute Gasteiger partial charge is 0.266 e. The molecule has 4 amide bonds. The maximum atomic E-state index is 13.4. The van der Waals surface area contributed by atoms with Gasteiger partial charge < -0.3 is 5.11 Å². The molecule has 2 heterocycles. The number of phenols is 1. The van der Waals surface area contributed by atoms with E-state index in [1.54, 1.807) is 24.3 Å². The molecular weight excluding hydrogens is 612 g/mol. The van der Waals surface area contributed by atoms with Crippen LogP contribution in [-0.4, -0.2) is 28.7 Å². The summed E-state index contributed by atoms with van der Waals surface area (Å²) in [7, 11) is 0. The SMILES string of the molecule is Cc1ccc2c(c1)C(=O)N(c1ccc(C3(c4ccc(N5C(=O)c6ccc(O)cc6C5=O)cc4)c4ccccc4-c4ccccc43)cc1)C2=O. The van der Waals surface area contributed by atoms with E-state index >= 15 is 0 Å². The summed E-state index contributed by atoms with van der Waals surface area (Å²) < 4.78 is 0. The van der Waals surface area contributed by atoms with Gasteiger partial charge in [0.1, 0.15) is 5.75 Å². The fourth-order valence-electron chi connectivity index (χ4n) is 7.80. The number of anilines is 2. The maximum absolute atomic E-state index is 13.4. The second kappa shape index (κ2) is 10.2. The minimum absolute atomic E-state index is 0.0817. The number of benzene rings is 6. The van der Waals surface area contributed by atoms with Crippen LogP contribution < -0.4 is 9.80 Å². The van der Waals surface area contributed by atoms with Gasteiger partial charge in [0.2, 0.25) is 0 Å². The number of rotatable bonds is 4. The number of carbonyl (C=O) groups is 4. The Morgan fingerprint density at radius 3 is 1.39 bits per heavy atom. The Morgan fingerprint density at radius 2 is 0.878 bits per heavy atom.